The molecule has 3 N–H and O–H groups in total. The highest BCUT2D eigenvalue weighted by molar-refractivity contribution is 7.88. The van der Waals surface area contributed by atoms with Crippen molar-refractivity contribution in [2.24, 2.45) is 0 Å². The van der Waals surface area contributed by atoms with E-state index in [1.165, 1.54) is 0 Å². The van der Waals surface area contributed by atoms with Crippen LogP contribution in [0.25, 0.3) is 0 Å². The third kappa shape index (κ3) is 3.53. The molecule has 1 aromatic rings. The maximum Gasteiger partial charge on any atom is 0.209 e. The number of nitrogens with two attached hydrogens (primary N) is 1. The molecular weight excluding hydrogens is 212 g/mol. The second-order valence-electron chi connectivity index (χ2n) is 4.12. The summed E-state index contributed by atoms with van der Waals surface area (Å²) in [6.07, 6.45) is 1.14. The van der Waals surface area contributed by atoms with Crippen molar-refractivity contribution in [1.82, 2.24) is 4.72 Å². The zero-order valence-corrected chi connectivity index (χ0v) is 9.93. The number of anilines is 1. The number of hydrogen-bond donors (Lipinski definition) is 2. The van der Waals surface area contributed by atoms with Gasteiger partial charge in [0.25, 0.3) is 0 Å². The molecule has 0 heterocycles. The van der Waals surface area contributed by atoms with E-state index in [1.54, 1.807) is 26.0 Å². The second kappa shape index (κ2) is 3.83. The lowest BCUT2D eigenvalue weighted by molar-refractivity contribution is 0.475. The fourth-order valence-electron chi connectivity index (χ4n) is 1.42. The average Bonchev–Trinajstić information content (AvgIpc) is 2.00. The molecule has 0 unspecified atom stereocenters. The number of sulfonamides is 1. The number of hydrogen-bond acceptors (Lipinski definition) is 3. The standard InChI is InChI=1S/C10H16N2O2S/c1-10(2,12-15(3,13)14)8-4-6-9(11)7-5-8/h4-7,12H,11H2,1-3H3. The highest BCUT2D eigenvalue weighted by atomic mass is 32.2. The first kappa shape index (κ1) is 12.0. The minimum absolute atomic E-state index is 0.624. The van der Waals surface area contributed by atoms with E-state index in [-0.39, 0.29) is 0 Å². The maximum absolute atomic E-state index is 11.2. The predicted molar refractivity (Wildman–Crippen MR) is 61.9 cm³/mol. The van der Waals surface area contributed by atoms with Crippen LogP contribution in [0.15, 0.2) is 24.3 Å². The molecule has 0 aliphatic heterocycles. The Hall–Kier alpha value is -1.07. The number of nitrogens with one attached hydrogen (secondary N) is 1. The highest BCUT2D eigenvalue weighted by Crippen LogP contribution is 2.21. The van der Waals surface area contributed by atoms with Crippen LogP contribution in [0.2, 0.25) is 0 Å². The normalized spacial score (nSPS) is 12.7. The van der Waals surface area contributed by atoms with Crippen LogP contribution in [0.3, 0.4) is 0 Å². The zero-order valence-electron chi connectivity index (χ0n) is 9.11. The van der Waals surface area contributed by atoms with Gasteiger partial charge in [0.2, 0.25) is 10.0 Å². The molecule has 0 radical (unpaired) electrons. The fraction of sp³-hybridized carbons (Fsp3) is 0.400. The maximum atomic E-state index is 11.2. The van der Waals surface area contributed by atoms with Crippen molar-refractivity contribution in [3.63, 3.8) is 0 Å². The molecule has 0 aliphatic rings. The van der Waals surface area contributed by atoms with Crippen LogP contribution in [0.5, 0.6) is 0 Å². The Bertz CT molecular complexity index is 435. The van der Waals surface area contributed by atoms with Crippen molar-refractivity contribution < 1.29 is 8.42 Å². The Balaban J connectivity index is 3.00. The van der Waals surface area contributed by atoms with Gasteiger partial charge in [-0.2, -0.15) is 0 Å². The van der Waals surface area contributed by atoms with Gasteiger partial charge in [-0.3, -0.25) is 0 Å². The van der Waals surface area contributed by atoms with Crippen molar-refractivity contribution in [3.05, 3.63) is 29.8 Å². The van der Waals surface area contributed by atoms with Gasteiger partial charge in [-0.25, -0.2) is 13.1 Å². The smallest absolute Gasteiger partial charge is 0.209 e. The first-order chi connectivity index (χ1) is 6.71. The molecule has 0 bridgehead atoms. The third-order valence-corrected chi connectivity index (χ3v) is 2.95. The molecule has 0 atom stereocenters. The quantitative estimate of drug-likeness (QED) is 0.760. The summed E-state index contributed by atoms with van der Waals surface area (Å²) in [7, 11) is -3.22. The van der Waals surface area contributed by atoms with Crippen molar-refractivity contribution >= 4 is 15.7 Å². The number of nitrogen functional groups attached to an aromatic ring is 1. The first-order valence-corrected chi connectivity index (χ1v) is 6.45. The van der Waals surface area contributed by atoms with Crippen LogP contribution < -0.4 is 10.5 Å². The van der Waals surface area contributed by atoms with E-state index in [9.17, 15) is 8.42 Å². The van der Waals surface area contributed by atoms with Gasteiger partial charge in [0, 0.05) is 5.69 Å². The summed E-state index contributed by atoms with van der Waals surface area (Å²) in [5, 5.41) is 0. The van der Waals surface area contributed by atoms with Gasteiger partial charge in [0.15, 0.2) is 0 Å². The van der Waals surface area contributed by atoms with Gasteiger partial charge in [0.05, 0.1) is 11.8 Å². The molecule has 0 aliphatic carbocycles. The van der Waals surface area contributed by atoms with Crippen LogP contribution >= 0.6 is 0 Å². The second-order valence-corrected chi connectivity index (χ2v) is 5.87. The molecule has 0 spiro atoms. The summed E-state index contributed by atoms with van der Waals surface area (Å²) in [5.41, 5.74) is 6.47. The van der Waals surface area contributed by atoms with Gasteiger partial charge in [-0.15, -0.1) is 0 Å². The lowest BCUT2D eigenvalue weighted by Gasteiger charge is -2.25. The molecule has 84 valence electrons. The molecule has 1 aromatic carbocycles. The van der Waals surface area contributed by atoms with E-state index >= 15 is 0 Å². The Kier molecular flexibility index (Phi) is 3.06. The zero-order chi connectivity index (χ0) is 11.7. The molecule has 1 rings (SSSR count). The Morgan fingerprint density at radius 3 is 2.07 bits per heavy atom. The molecule has 0 amide bonds. The topological polar surface area (TPSA) is 72.2 Å². The molecule has 0 aromatic heterocycles. The lowest BCUT2D eigenvalue weighted by Crippen LogP contribution is -2.40. The molecule has 0 fully saturated rings. The molecule has 0 saturated carbocycles. The van der Waals surface area contributed by atoms with E-state index in [1.807, 2.05) is 12.1 Å². The van der Waals surface area contributed by atoms with Crippen LogP contribution in [0, 0.1) is 0 Å². The molecular formula is C10H16N2O2S. The van der Waals surface area contributed by atoms with E-state index in [0.29, 0.717) is 5.69 Å². The van der Waals surface area contributed by atoms with Crippen molar-refractivity contribution in [2.45, 2.75) is 19.4 Å². The lowest BCUT2D eigenvalue weighted by atomic mass is 9.96. The SMILES string of the molecule is CC(C)(NS(C)(=O)=O)c1ccc(N)cc1. The van der Waals surface area contributed by atoms with Crippen LogP contribution in [0.4, 0.5) is 5.69 Å². The molecule has 15 heavy (non-hydrogen) atoms. The van der Waals surface area contributed by atoms with E-state index < -0.39 is 15.6 Å². The summed E-state index contributed by atoms with van der Waals surface area (Å²) < 4.78 is 24.9. The Labute approximate surface area is 90.5 Å². The summed E-state index contributed by atoms with van der Waals surface area (Å²) in [5.74, 6) is 0. The van der Waals surface area contributed by atoms with E-state index in [2.05, 4.69) is 4.72 Å². The third-order valence-electron chi connectivity index (χ3n) is 2.07. The average molecular weight is 228 g/mol. The minimum atomic E-state index is -3.22. The van der Waals surface area contributed by atoms with Crippen molar-refractivity contribution in [1.29, 1.82) is 0 Å². The largest absolute Gasteiger partial charge is 0.399 e. The van der Waals surface area contributed by atoms with Gasteiger partial charge < -0.3 is 5.73 Å². The highest BCUT2D eigenvalue weighted by Gasteiger charge is 2.23. The Morgan fingerprint density at radius 1 is 1.20 bits per heavy atom. The van der Waals surface area contributed by atoms with Crippen LogP contribution in [-0.4, -0.2) is 14.7 Å². The van der Waals surface area contributed by atoms with Crippen molar-refractivity contribution in [3.8, 4) is 0 Å². The van der Waals surface area contributed by atoms with Gasteiger partial charge in [-0.1, -0.05) is 12.1 Å². The summed E-state index contributed by atoms with van der Waals surface area (Å²) in [4.78, 5) is 0. The van der Waals surface area contributed by atoms with Gasteiger partial charge >= 0.3 is 0 Å². The minimum Gasteiger partial charge on any atom is -0.399 e. The fourth-order valence-corrected chi connectivity index (χ4v) is 2.47. The van der Waals surface area contributed by atoms with E-state index in [0.717, 1.165) is 11.8 Å². The van der Waals surface area contributed by atoms with Gasteiger partial charge in [-0.05, 0) is 31.5 Å². The number of benzene rings is 1. The van der Waals surface area contributed by atoms with Crippen molar-refractivity contribution in [2.75, 3.05) is 12.0 Å². The van der Waals surface area contributed by atoms with Gasteiger partial charge in [0.1, 0.15) is 0 Å². The summed E-state index contributed by atoms with van der Waals surface area (Å²) in [6, 6.07) is 7.13. The molecule has 5 heteroatoms. The number of rotatable bonds is 3. The Morgan fingerprint density at radius 2 is 1.67 bits per heavy atom. The van der Waals surface area contributed by atoms with E-state index in [4.69, 9.17) is 5.73 Å². The summed E-state index contributed by atoms with van der Waals surface area (Å²) >= 11 is 0. The molecule has 4 nitrogen and oxygen atoms in total. The first-order valence-electron chi connectivity index (χ1n) is 4.56. The molecule has 0 saturated heterocycles. The predicted octanol–water partition coefficient (Wildman–Crippen LogP) is 1.05. The summed E-state index contributed by atoms with van der Waals surface area (Å²) in [6.45, 7) is 3.61. The van der Waals surface area contributed by atoms with Crippen LogP contribution in [-0.2, 0) is 15.6 Å². The van der Waals surface area contributed by atoms with Crippen LogP contribution in [0.1, 0.15) is 19.4 Å². The monoisotopic (exact) mass is 228 g/mol.